The molecule has 0 aliphatic carbocycles. The molecule has 7 heteroatoms. The van der Waals surface area contributed by atoms with Crippen molar-refractivity contribution in [3.05, 3.63) is 98.3 Å². The van der Waals surface area contributed by atoms with Crippen molar-refractivity contribution in [2.45, 2.75) is 13.0 Å². The molecule has 2 heterocycles. The van der Waals surface area contributed by atoms with Gasteiger partial charge in [0.2, 0.25) is 5.76 Å². The number of anilines is 1. The van der Waals surface area contributed by atoms with Crippen molar-refractivity contribution in [3.63, 3.8) is 0 Å². The molecule has 6 nitrogen and oxygen atoms in total. The Hall–Kier alpha value is -3.58. The minimum absolute atomic E-state index is 0.0458. The van der Waals surface area contributed by atoms with Gasteiger partial charge in [0.25, 0.3) is 5.91 Å². The van der Waals surface area contributed by atoms with Gasteiger partial charge in [-0.3, -0.25) is 14.5 Å². The van der Waals surface area contributed by atoms with Gasteiger partial charge in [-0.1, -0.05) is 34.1 Å². The molecule has 0 spiro atoms. The standard InChI is InChI=1S/C26H20BrNO5/c1-3-32-19-9-4-6-15(12-19)23-22-24(29)20-13-16(27)10-11-21(20)33-25(22)26(30)28(23)17-7-5-8-18(14-17)31-2/h4-14,23H,3H2,1-2H3. The van der Waals surface area contributed by atoms with Crippen LogP contribution in [0.4, 0.5) is 5.69 Å². The number of halogens is 1. The van der Waals surface area contributed by atoms with E-state index in [0.717, 1.165) is 10.0 Å². The lowest BCUT2D eigenvalue weighted by molar-refractivity contribution is 0.0971. The highest BCUT2D eigenvalue weighted by molar-refractivity contribution is 9.10. The van der Waals surface area contributed by atoms with Crippen molar-refractivity contribution in [1.82, 2.24) is 0 Å². The zero-order chi connectivity index (χ0) is 23.1. The van der Waals surface area contributed by atoms with Gasteiger partial charge in [-0.05, 0) is 55.0 Å². The maximum atomic E-state index is 13.7. The SMILES string of the molecule is CCOc1cccc(C2c3c(oc4ccc(Br)cc4c3=O)C(=O)N2c2cccc(OC)c2)c1. The second kappa shape index (κ2) is 8.41. The third kappa shape index (κ3) is 3.58. The van der Waals surface area contributed by atoms with Crippen LogP contribution in [-0.4, -0.2) is 19.6 Å². The highest BCUT2D eigenvalue weighted by Crippen LogP contribution is 2.42. The first-order chi connectivity index (χ1) is 16.0. The van der Waals surface area contributed by atoms with E-state index in [1.807, 2.05) is 37.3 Å². The van der Waals surface area contributed by atoms with E-state index in [1.165, 1.54) is 0 Å². The van der Waals surface area contributed by atoms with Crippen molar-refractivity contribution in [2.24, 2.45) is 0 Å². The van der Waals surface area contributed by atoms with Crippen LogP contribution in [0.25, 0.3) is 11.0 Å². The van der Waals surface area contributed by atoms with Crippen molar-refractivity contribution in [3.8, 4) is 11.5 Å². The van der Waals surface area contributed by atoms with E-state index in [-0.39, 0.29) is 17.1 Å². The summed E-state index contributed by atoms with van der Waals surface area (Å²) in [6.07, 6.45) is 0. The van der Waals surface area contributed by atoms with Gasteiger partial charge in [0.1, 0.15) is 17.1 Å². The van der Waals surface area contributed by atoms with Crippen molar-refractivity contribution >= 4 is 38.5 Å². The number of ether oxygens (including phenoxy) is 2. The number of rotatable bonds is 5. The number of methoxy groups -OCH3 is 1. The fourth-order valence-corrected chi connectivity index (χ4v) is 4.59. The first kappa shape index (κ1) is 21.3. The van der Waals surface area contributed by atoms with Gasteiger partial charge in [-0.25, -0.2) is 0 Å². The van der Waals surface area contributed by atoms with E-state index >= 15 is 0 Å². The maximum absolute atomic E-state index is 13.7. The molecular formula is C26H20BrNO5. The second-order valence-corrected chi connectivity index (χ2v) is 8.51. The monoisotopic (exact) mass is 505 g/mol. The first-order valence-corrected chi connectivity index (χ1v) is 11.3. The summed E-state index contributed by atoms with van der Waals surface area (Å²) in [6, 6.07) is 19.1. The van der Waals surface area contributed by atoms with Crippen LogP contribution >= 0.6 is 15.9 Å². The molecule has 1 aliphatic heterocycles. The molecule has 5 rings (SSSR count). The van der Waals surface area contributed by atoms with E-state index in [1.54, 1.807) is 48.4 Å². The number of carbonyl (C=O) groups excluding carboxylic acids is 1. The van der Waals surface area contributed by atoms with Crippen LogP contribution in [0.5, 0.6) is 11.5 Å². The predicted octanol–water partition coefficient (Wildman–Crippen LogP) is 5.71. The summed E-state index contributed by atoms with van der Waals surface area (Å²) in [6.45, 7) is 2.41. The van der Waals surface area contributed by atoms with Crippen LogP contribution in [0.2, 0.25) is 0 Å². The Morgan fingerprint density at radius 2 is 1.79 bits per heavy atom. The average Bonchev–Trinajstić information content (AvgIpc) is 3.12. The van der Waals surface area contributed by atoms with Gasteiger partial charge in [0.05, 0.1) is 30.7 Å². The normalized spacial score (nSPS) is 15.1. The molecule has 1 aliphatic rings. The zero-order valence-corrected chi connectivity index (χ0v) is 19.6. The van der Waals surface area contributed by atoms with Crippen molar-refractivity contribution < 1.29 is 18.7 Å². The number of fused-ring (bicyclic) bond motifs is 2. The fraction of sp³-hybridized carbons (Fsp3) is 0.154. The third-order valence-corrected chi connectivity index (χ3v) is 6.14. The number of hydrogen-bond acceptors (Lipinski definition) is 5. The summed E-state index contributed by atoms with van der Waals surface area (Å²) in [5.74, 6) is 0.928. The second-order valence-electron chi connectivity index (χ2n) is 7.60. The molecule has 4 aromatic rings. The van der Waals surface area contributed by atoms with Gasteiger partial charge in [-0.15, -0.1) is 0 Å². The number of nitrogens with zero attached hydrogens (tertiary/aromatic N) is 1. The molecule has 1 unspecified atom stereocenters. The van der Waals surface area contributed by atoms with E-state index in [2.05, 4.69) is 15.9 Å². The molecular weight excluding hydrogens is 486 g/mol. The zero-order valence-electron chi connectivity index (χ0n) is 18.0. The Balaban J connectivity index is 1.79. The van der Waals surface area contributed by atoms with Crippen LogP contribution in [0.1, 0.15) is 34.6 Å². The first-order valence-electron chi connectivity index (χ1n) is 10.5. The van der Waals surface area contributed by atoms with E-state index in [4.69, 9.17) is 13.9 Å². The average molecular weight is 506 g/mol. The van der Waals surface area contributed by atoms with E-state index < -0.39 is 6.04 Å². The Kier molecular flexibility index (Phi) is 5.42. The van der Waals surface area contributed by atoms with Crippen molar-refractivity contribution in [2.75, 3.05) is 18.6 Å². The summed E-state index contributed by atoms with van der Waals surface area (Å²) >= 11 is 3.42. The maximum Gasteiger partial charge on any atom is 0.295 e. The Morgan fingerprint density at radius 1 is 1.00 bits per heavy atom. The Labute approximate surface area is 198 Å². The molecule has 0 radical (unpaired) electrons. The van der Waals surface area contributed by atoms with Crippen LogP contribution in [0.3, 0.4) is 0 Å². The Morgan fingerprint density at radius 3 is 2.58 bits per heavy atom. The van der Waals surface area contributed by atoms with Gasteiger partial charge in [0.15, 0.2) is 5.43 Å². The van der Waals surface area contributed by atoms with Gasteiger partial charge >= 0.3 is 0 Å². The smallest absolute Gasteiger partial charge is 0.295 e. The van der Waals surface area contributed by atoms with Crippen molar-refractivity contribution in [1.29, 1.82) is 0 Å². The molecule has 1 aromatic heterocycles. The van der Waals surface area contributed by atoms with E-state index in [0.29, 0.717) is 40.3 Å². The molecule has 0 saturated heterocycles. The Bertz CT molecular complexity index is 1440. The van der Waals surface area contributed by atoms with Gasteiger partial charge in [0, 0.05) is 16.2 Å². The van der Waals surface area contributed by atoms with Gasteiger partial charge < -0.3 is 13.9 Å². The summed E-state index contributed by atoms with van der Waals surface area (Å²) in [4.78, 5) is 28.9. The molecule has 166 valence electrons. The van der Waals surface area contributed by atoms with Crippen LogP contribution in [-0.2, 0) is 0 Å². The van der Waals surface area contributed by atoms with E-state index in [9.17, 15) is 9.59 Å². The summed E-state index contributed by atoms with van der Waals surface area (Å²) in [5, 5.41) is 0.411. The molecule has 3 aromatic carbocycles. The van der Waals surface area contributed by atoms with Crippen LogP contribution < -0.4 is 19.8 Å². The molecule has 1 amide bonds. The lowest BCUT2D eigenvalue weighted by Crippen LogP contribution is -2.29. The number of hydrogen-bond donors (Lipinski definition) is 0. The number of carbonyl (C=O) groups is 1. The summed E-state index contributed by atoms with van der Waals surface area (Å²) in [5.41, 5.74) is 1.78. The minimum atomic E-state index is -0.681. The van der Waals surface area contributed by atoms with Crippen LogP contribution in [0, 0.1) is 0 Å². The molecule has 0 saturated carbocycles. The molecule has 0 fully saturated rings. The summed E-state index contributed by atoms with van der Waals surface area (Å²) < 4.78 is 17.8. The topological polar surface area (TPSA) is 69.0 Å². The number of benzene rings is 3. The molecule has 0 bridgehead atoms. The highest BCUT2D eigenvalue weighted by atomic mass is 79.9. The van der Waals surface area contributed by atoms with Gasteiger partial charge in [-0.2, -0.15) is 0 Å². The largest absolute Gasteiger partial charge is 0.497 e. The molecule has 1 atom stereocenters. The fourth-order valence-electron chi connectivity index (χ4n) is 4.23. The van der Waals surface area contributed by atoms with Crippen LogP contribution in [0.15, 0.2) is 80.4 Å². The highest BCUT2D eigenvalue weighted by Gasteiger charge is 2.43. The summed E-state index contributed by atoms with van der Waals surface area (Å²) in [7, 11) is 1.57. The minimum Gasteiger partial charge on any atom is -0.497 e. The molecule has 0 N–H and O–H groups in total. The lowest BCUT2D eigenvalue weighted by atomic mass is 9.98. The molecule has 33 heavy (non-hydrogen) atoms. The quantitative estimate of drug-likeness (QED) is 0.347. The third-order valence-electron chi connectivity index (χ3n) is 5.65. The number of amides is 1. The lowest BCUT2D eigenvalue weighted by Gasteiger charge is -2.26. The predicted molar refractivity (Wildman–Crippen MR) is 129 cm³/mol.